The van der Waals surface area contributed by atoms with E-state index in [2.05, 4.69) is 24.9 Å². The third kappa shape index (κ3) is 4.62. The van der Waals surface area contributed by atoms with Crippen LogP contribution >= 0.6 is 0 Å². The van der Waals surface area contributed by atoms with Crippen LogP contribution in [0.2, 0.25) is 0 Å². The highest BCUT2D eigenvalue weighted by atomic mass is 19.1. The van der Waals surface area contributed by atoms with E-state index in [1.807, 2.05) is 24.0 Å². The molecule has 0 spiro atoms. The Morgan fingerprint density at radius 3 is 2.86 bits per heavy atom. The Labute approximate surface area is 200 Å². The lowest BCUT2D eigenvalue weighted by molar-refractivity contribution is 0.0827. The summed E-state index contributed by atoms with van der Waals surface area (Å²) in [4.78, 5) is 36.6. The van der Waals surface area contributed by atoms with Crippen molar-refractivity contribution in [2.24, 2.45) is 0 Å². The summed E-state index contributed by atoms with van der Waals surface area (Å²) in [5.74, 6) is -0.364. The highest BCUT2D eigenvalue weighted by Crippen LogP contribution is 2.28. The Hall–Kier alpha value is -4.12. The second-order valence-corrected chi connectivity index (χ2v) is 8.45. The molecule has 0 aliphatic carbocycles. The zero-order valence-electron chi connectivity index (χ0n) is 19.5. The summed E-state index contributed by atoms with van der Waals surface area (Å²) < 4.78 is 26.1. The number of H-pyrrole nitrogens is 1. The van der Waals surface area contributed by atoms with Crippen LogP contribution in [-0.2, 0) is 4.74 Å². The highest BCUT2D eigenvalue weighted by Gasteiger charge is 2.24. The minimum Gasteiger partial charge on any atom is -0.421 e. The quantitative estimate of drug-likeness (QED) is 0.467. The first-order valence-electron chi connectivity index (χ1n) is 11.1. The zero-order valence-corrected chi connectivity index (χ0v) is 19.5. The summed E-state index contributed by atoms with van der Waals surface area (Å²) in [7, 11) is 3.20. The lowest BCUT2D eigenvalue weighted by atomic mass is 10.2. The molecule has 1 atom stereocenters. The number of hydrogen-bond donors (Lipinski definition) is 1. The predicted molar refractivity (Wildman–Crippen MR) is 127 cm³/mol. The largest absolute Gasteiger partial charge is 0.421 e. The van der Waals surface area contributed by atoms with Gasteiger partial charge in [-0.1, -0.05) is 0 Å². The standard InChI is InChI=1S/C24H24FN7O3/c1-14-13-34-9-8-32(14)23-28-21(17-10-15-6-7-26-20(15)27-12-17)29-24(30-23)35-19-5-4-16(11-18(19)25)22(33)31(2)3/h4-7,10-12,14H,8-9,13H2,1-3H3,(H,26,27). The van der Waals surface area contributed by atoms with E-state index < -0.39 is 5.82 Å². The summed E-state index contributed by atoms with van der Waals surface area (Å²) in [6.07, 6.45) is 3.46. The molecule has 1 aliphatic rings. The number of nitrogens with zero attached hydrogens (tertiary/aromatic N) is 6. The van der Waals surface area contributed by atoms with E-state index in [0.717, 1.165) is 17.1 Å². The number of pyridine rings is 1. The van der Waals surface area contributed by atoms with E-state index in [9.17, 15) is 9.18 Å². The summed E-state index contributed by atoms with van der Waals surface area (Å²) >= 11 is 0. The lowest BCUT2D eigenvalue weighted by Gasteiger charge is -2.33. The average Bonchev–Trinajstić information content (AvgIpc) is 3.33. The van der Waals surface area contributed by atoms with Crippen molar-refractivity contribution >= 4 is 22.9 Å². The van der Waals surface area contributed by atoms with Gasteiger partial charge in [0.15, 0.2) is 17.4 Å². The molecule has 3 aromatic heterocycles. The lowest BCUT2D eigenvalue weighted by Crippen LogP contribution is -2.44. The molecule has 1 saturated heterocycles. The third-order valence-corrected chi connectivity index (χ3v) is 5.67. The van der Waals surface area contributed by atoms with Crippen molar-refractivity contribution in [1.82, 2.24) is 29.8 Å². The summed E-state index contributed by atoms with van der Waals surface area (Å²) in [5.41, 5.74) is 1.62. The fraction of sp³-hybridized carbons (Fsp3) is 0.292. The molecule has 11 heteroatoms. The first-order chi connectivity index (χ1) is 16.9. The van der Waals surface area contributed by atoms with Gasteiger partial charge in [0.2, 0.25) is 5.95 Å². The summed E-state index contributed by atoms with van der Waals surface area (Å²) in [5, 5.41) is 0.902. The van der Waals surface area contributed by atoms with Gasteiger partial charge in [-0.15, -0.1) is 0 Å². The smallest absolute Gasteiger partial charge is 0.327 e. The molecular weight excluding hydrogens is 453 g/mol. The molecule has 0 radical (unpaired) electrons. The van der Waals surface area contributed by atoms with Crippen molar-refractivity contribution in [2.45, 2.75) is 13.0 Å². The van der Waals surface area contributed by atoms with Crippen LogP contribution in [0.4, 0.5) is 10.3 Å². The van der Waals surface area contributed by atoms with Gasteiger partial charge in [-0.05, 0) is 37.3 Å². The molecule has 1 N–H and O–H groups in total. The van der Waals surface area contributed by atoms with Crippen molar-refractivity contribution < 1.29 is 18.7 Å². The molecule has 5 rings (SSSR count). The number of rotatable bonds is 5. The molecule has 1 unspecified atom stereocenters. The topological polar surface area (TPSA) is 109 Å². The highest BCUT2D eigenvalue weighted by molar-refractivity contribution is 5.94. The van der Waals surface area contributed by atoms with Gasteiger partial charge in [-0.25, -0.2) is 9.37 Å². The van der Waals surface area contributed by atoms with Crippen molar-refractivity contribution in [1.29, 1.82) is 0 Å². The molecule has 1 amide bonds. The fourth-order valence-corrected chi connectivity index (χ4v) is 3.81. The van der Waals surface area contributed by atoms with Crippen LogP contribution in [0.25, 0.3) is 22.4 Å². The average molecular weight is 478 g/mol. The number of ether oxygens (including phenoxy) is 2. The molecule has 0 bridgehead atoms. The number of fused-ring (bicyclic) bond motifs is 1. The molecular formula is C24H24FN7O3. The maximum Gasteiger partial charge on any atom is 0.327 e. The van der Waals surface area contributed by atoms with Crippen LogP contribution in [-0.4, -0.2) is 75.6 Å². The van der Waals surface area contributed by atoms with E-state index in [1.54, 1.807) is 26.5 Å². The van der Waals surface area contributed by atoms with Gasteiger partial charge >= 0.3 is 6.01 Å². The number of nitrogens with one attached hydrogen (secondary N) is 1. The van der Waals surface area contributed by atoms with Gasteiger partial charge in [0.1, 0.15) is 5.65 Å². The molecule has 10 nitrogen and oxygen atoms in total. The summed E-state index contributed by atoms with van der Waals surface area (Å²) in [6.45, 7) is 3.67. The van der Waals surface area contributed by atoms with Crippen molar-refractivity contribution in [2.75, 3.05) is 38.8 Å². The van der Waals surface area contributed by atoms with E-state index in [-0.39, 0.29) is 29.3 Å². The van der Waals surface area contributed by atoms with Gasteiger partial charge in [0.05, 0.1) is 19.3 Å². The third-order valence-electron chi connectivity index (χ3n) is 5.67. The van der Waals surface area contributed by atoms with E-state index in [4.69, 9.17) is 9.47 Å². The zero-order chi connectivity index (χ0) is 24.5. The molecule has 180 valence electrons. The van der Waals surface area contributed by atoms with E-state index in [0.29, 0.717) is 37.1 Å². The molecule has 1 aromatic carbocycles. The number of halogens is 1. The minimum absolute atomic E-state index is 0.0326. The summed E-state index contributed by atoms with van der Waals surface area (Å²) in [6, 6.07) is 7.80. The van der Waals surface area contributed by atoms with Gasteiger partial charge in [-0.3, -0.25) is 4.79 Å². The second kappa shape index (κ2) is 9.26. The maximum atomic E-state index is 14.8. The number of morpholine rings is 1. The van der Waals surface area contributed by atoms with Gasteiger partial charge in [-0.2, -0.15) is 15.0 Å². The normalized spacial score (nSPS) is 15.9. The Bertz CT molecular complexity index is 1390. The number of benzene rings is 1. The van der Waals surface area contributed by atoms with Crippen LogP contribution in [0.1, 0.15) is 17.3 Å². The Kier molecular flexibility index (Phi) is 6.00. The molecule has 4 aromatic rings. The van der Waals surface area contributed by atoms with Gasteiger partial charge in [0.25, 0.3) is 5.91 Å². The molecule has 0 saturated carbocycles. The van der Waals surface area contributed by atoms with Crippen molar-refractivity contribution in [3.8, 4) is 23.1 Å². The number of anilines is 1. The van der Waals surface area contributed by atoms with E-state index >= 15 is 0 Å². The van der Waals surface area contributed by atoms with Crippen LogP contribution in [0.15, 0.2) is 42.7 Å². The molecule has 1 fully saturated rings. The van der Waals surface area contributed by atoms with Crippen LogP contribution < -0.4 is 9.64 Å². The SMILES string of the molecule is CC1COCCN1c1nc(Oc2ccc(C(=O)N(C)C)cc2F)nc(-c2cnc3[nH]ccc3c2)n1. The van der Waals surface area contributed by atoms with Crippen LogP contribution in [0.5, 0.6) is 11.8 Å². The first kappa shape index (κ1) is 22.7. The molecule has 35 heavy (non-hydrogen) atoms. The number of hydrogen-bond acceptors (Lipinski definition) is 8. The number of carbonyl (C=O) groups excluding carboxylic acids is 1. The van der Waals surface area contributed by atoms with Crippen molar-refractivity contribution in [3.05, 3.63) is 54.1 Å². The number of amides is 1. The van der Waals surface area contributed by atoms with Crippen LogP contribution in [0, 0.1) is 5.82 Å². The number of aromatic nitrogens is 5. The number of aromatic amines is 1. The van der Waals surface area contributed by atoms with E-state index in [1.165, 1.54) is 17.0 Å². The Balaban J connectivity index is 1.54. The molecule has 1 aliphatic heterocycles. The maximum absolute atomic E-state index is 14.8. The van der Waals surface area contributed by atoms with Gasteiger partial charge < -0.3 is 24.3 Å². The molecule has 4 heterocycles. The number of carbonyl (C=O) groups is 1. The Morgan fingerprint density at radius 2 is 2.09 bits per heavy atom. The second-order valence-electron chi connectivity index (χ2n) is 8.45. The Morgan fingerprint density at radius 1 is 1.23 bits per heavy atom. The monoisotopic (exact) mass is 477 g/mol. The first-order valence-corrected chi connectivity index (χ1v) is 11.1. The van der Waals surface area contributed by atoms with Crippen LogP contribution in [0.3, 0.4) is 0 Å². The van der Waals surface area contributed by atoms with Gasteiger partial charge in [0, 0.05) is 49.5 Å². The van der Waals surface area contributed by atoms with Crippen molar-refractivity contribution in [3.63, 3.8) is 0 Å². The predicted octanol–water partition coefficient (Wildman–Crippen LogP) is 3.27. The minimum atomic E-state index is -0.698. The fourth-order valence-electron chi connectivity index (χ4n) is 3.81.